The second kappa shape index (κ2) is 47.6. The smallest absolute Gasteiger partial charge is 0.306 e. The van der Waals surface area contributed by atoms with Crippen LogP contribution in [0.1, 0.15) is 256 Å². The standard InChI is InChI=1S/C69H129N5O5/c1-56(2)27-23-31-60(9)37-41-66(42-38-61(10)32-24-28-57(3)4)78-68(76)35-19-15-13-17-21-48-72(50-45-64(70)55-74(71)54-53-73-51-46-65(75)47-52-73)49-22-18-14-16-20-36-69(77)79-67(43-39-62(11)33-25-29-58(5)6)44-40-63(12)34-26-30-59(7)8/h23-26,31-34,55-63,65-67,75H,13-22,27-30,35-54,70-71H2,1-12H3/b31-23+,32-24+,33-25+,34-26+,64-55-. The van der Waals surface area contributed by atoms with Crippen LogP contribution in [0.25, 0.3) is 0 Å². The molecule has 0 amide bonds. The molecule has 1 heterocycles. The molecule has 0 saturated carbocycles. The van der Waals surface area contributed by atoms with E-state index in [9.17, 15) is 14.7 Å². The van der Waals surface area contributed by atoms with Crippen molar-refractivity contribution in [1.82, 2.24) is 14.8 Å². The third-order valence-corrected chi connectivity index (χ3v) is 15.7. The number of hydrogen-bond acceptors (Lipinski definition) is 10. The van der Waals surface area contributed by atoms with Gasteiger partial charge in [0.1, 0.15) is 12.2 Å². The first-order chi connectivity index (χ1) is 37.7. The van der Waals surface area contributed by atoms with Gasteiger partial charge in [0.2, 0.25) is 0 Å². The van der Waals surface area contributed by atoms with Crippen LogP contribution in [0.5, 0.6) is 0 Å². The van der Waals surface area contributed by atoms with E-state index in [4.69, 9.17) is 21.1 Å². The lowest BCUT2D eigenvalue weighted by molar-refractivity contribution is -0.151. The Morgan fingerprint density at radius 3 is 1.19 bits per heavy atom. The van der Waals surface area contributed by atoms with Crippen LogP contribution < -0.4 is 11.6 Å². The van der Waals surface area contributed by atoms with Crippen LogP contribution in [0.2, 0.25) is 0 Å². The number of hydrazine groups is 1. The first kappa shape index (κ1) is 74.1. The van der Waals surface area contributed by atoms with Gasteiger partial charge in [-0.1, -0.05) is 170 Å². The van der Waals surface area contributed by atoms with Gasteiger partial charge in [0, 0.05) is 63.9 Å². The van der Waals surface area contributed by atoms with Crippen molar-refractivity contribution in [3.8, 4) is 0 Å². The summed E-state index contributed by atoms with van der Waals surface area (Å²) in [5, 5.41) is 11.6. The van der Waals surface area contributed by atoms with Crippen LogP contribution in [0.3, 0.4) is 0 Å². The number of allylic oxidation sites excluding steroid dienone is 8. The number of hydrogen-bond donors (Lipinski definition) is 3. The molecular weight excluding hydrogens is 979 g/mol. The molecular formula is C69H129N5O5. The third kappa shape index (κ3) is 46.3. The van der Waals surface area contributed by atoms with Crippen molar-refractivity contribution in [3.63, 3.8) is 0 Å². The Kier molecular flexibility index (Phi) is 44.6. The molecule has 1 rings (SSSR count). The fourth-order valence-corrected chi connectivity index (χ4v) is 10.2. The van der Waals surface area contributed by atoms with E-state index >= 15 is 0 Å². The number of ether oxygens (including phenoxy) is 2. The number of carbonyl (C=O) groups is 2. The number of aliphatic hydroxyl groups excluding tert-OH is 1. The Balaban J connectivity index is 2.73. The zero-order valence-corrected chi connectivity index (χ0v) is 53.7. The van der Waals surface area contributed by atoms with E-state index in [0.717, 1.165) is 205 Å². The van der Waals surface area contributed by atoms with Gasteiger partial charge in [-0.15, -0.1) is 0 Å². The highest BCUT2D eigenvalue weighted by Crippen LogP contribution is 2.23. The van der Waals surface area contributed by atoms with Crippen LogP contribution in [0.4, 0.5) is 0 Å². The highest BCUT2D eigenvalue weighted by Gasteiger charge is 2.20. The van der Waals surface area contributed by atoms with Crippen molar-refractivity contribution in [1.29, 1.82) is 0 Å². The van der Waals surface area contributed by atoms with Gasteiger partial charge in [-0.05, 0) is 176 Å². The molecule has 10 nitrogen and oxygen atoms in total. The second-order valence-corrected chi connectivity index (χ2v) is 26.3. The number of esters is 2. The van der Waals surface area contributed by atoms with E-state index in [1.165, 1.54) is 0 Å². The van der Waals surface area contributed by atoms with E-state index < -0.39 is 0 Å². The molecule has 0 aromatic heterocycles. The molecule has 4 atom stereocenters. The molecule has 1 fully saturated rings. The maximum atomic E-state index is 13.2. The Labute approximate surface area is 488 Å². The molecule has 5 N–H and O–H groups in total. The van der Waals surface area contributed by atoms with E-state index in [0.29, 0.717) is 66.7 Å². The topological polar surface area (TPSA) is 135 Å². The minimum absolute atomic E-state index is 0.0213. The maximum Gasteiger partial charge on any atom is 0.306 e. The van der Waals surface area contributed by atoms with Gasteiger partial charge >= 0.3 is 11.9 Å². The second-order valence-electron chi connectivity index (χ2n) is 26.3. The van der Waals surface area contributed by atoms with Gasteiger partial charge in [0.25, 0.3) is 0 Å². The lowest BCUT2D eigenvalue weighted by atomic mass is 9.95. The molecule has 4 unspecified atom stereocenters. The van der Waals surface area contributed by atoms with Crippen molar-refractivity contribution in [3.05, 3.63) is 60.5 Å². The van der Waals surface area contributed by atoms with Gasteiger partial charge < -0.3 is 35.1 Å². The van der Waals surface area contributed by atoms with Crippen LogP contribution >= 0.6 is 0 Å². The van der Waals surface area contributed by atoms with E-state index in [-0.39, 0.29) is 30.3 Å². The Morgan fingerprint density at radius 1 is 0.494 bits per heavy atom. The number of rotatable bonds is 49. The van der Waals surface area contributed by atoms with Crippen molar-refractivity contribution in [2.75, 3.05) is 45.8 Å². The molecule has 1 aliphatic rings. The highest BCUT2D eigenvalue weighted by molar-refractivity contribution is 5.69. The van der Waals surface area contributed by atoms with E-state index in [1.807, 2.05) is 6.20 Å². The number of likely N-dealkylation sites (tertiary alicyclic amines) is 1. The normalized spacial score (nSPS) is 16.7. The summed E-state index contributed by atoms with van der Waals surface area (Å²) in [7, 11) is 0. The summed E-state index contributed by atoms with van der Waals surface area (Å²) >= 11 is 0. The van der Waals surface area contributed by atoms with E-state index in [1.54, 1.807) is 5.01 Å². The minimum Gasteiger partial charge on any atom is -0.462 e. The largest absolute Gasteiger partial charge is 0.462 e. The van der Waals surface area contributed by atoms with Gasteiger partial charge in [-0.3, -0.25) is 9.59 Å². The minimum atomic E-state index is -0.178. The summed E-state index contributed by atoms with van der Waals surface area (Å²) in [6.45, 7) is 33.5. The van der Waals surface area contributed by atoms with Crippen molar-refractivity contribution < 1.29 is 24.2 Å². The van der Waals surface area contributed by atoms with Gasteiger partial charge in [-0.25, -0.2) is 5.84 Å². The van der Waals surface area contributed by atoms with Crippen molar-refractivity contribution in [2.24, 2.45) is 58.9 Å². The Morgan fingerprint density at radius 2 is 0.835 bits per heavy atom. The Bertz CT molecular complexity index is 1480. The molecule has 0 aromatic carbocycles. The van der Waals surface area contributed by atoms with Crippen LogP contribution in [0, 0.1) is 47.3 Å². The van der Waals surface area contributed by atoms with Crippen LogP contribution in [-0.2, 0) is 19.1 Å². The zero-order chi connectivity index (χ0) is 58.6. The average Bonchev–Trinajstić information content (AvgIpc) is 3.38. The summed E-state index contributed by atoms with van der Waals surface area (Å²) in [6, 6.07) is 0. The predicted octanol–water partition coefficient (Wildman–Crippen LogP) is 16.7. The molecule has 10 heteroatoms. The predicted molar refractivity (Wildman–Crippen MR) is 339 cm³/mol. The molecule has 0 spiro atoms. The molecule has 1 aliphatic heterocycles. The first-order valence-corrected chi connectivity index (χ1v) is 32.9. The summed E-state index contributed by atoms with van der Waals surface area (Å²) in [4.78, 5) is 31.4. The molecule has 0 bridgehead atoms. The molecule has 0 radical (unpaired) electrons. The summed E-state index contributed by atoms with van der Waals surface area (Å²) in [6.07, 6.45) is 46.5. The van der Waals surface area contributed by atoms with E-state index in [2.05, 4.69) is 141 Å². The third-order valence-electron chi connectivity index (χ3n) is 15.7. The molecule has 79 heavy (non-hydrogen) atoms. The Hall–Kier alpha value is -2.92. The number of nitrogens with two attached hydrogens (primary N) is 2. The lowest BCUT2D eigenvalue weighted by Crippen LogP contribution is -2.41. The SMILES string of the molecule is CC(C)C/C=C/C(C)CCC(CCC(C)/C=C/CC(C)C)OC(=O)CCCCCCCN(CCCCCCCC(=O)OC(CCC(C)/C=C/CC(C)C)CCC(C)/C=C/CC(C)C)CC/C(N)=C/N(N)CCN1CCC(O)CC1. The van der Waals surface area contributed by atoms with Crippen LogP contribution in [0.15, 0.2) is 60.5 Å². The molecule has 0 aliphatic carbocycles. The number of carbonyl (C=O) groups excluding carboxylic acids is 2. The number of unbranched alkanes of at least 4 members (excludes halogenated alkanes) is 8. The zero-order valence-electron chi connectivity index (χ0n) is 53.7. The van der Waals surface area contributed by atoms with Gasteiger partial charge in [-0.2, -0.15) is 0 Å². The van der Waals surface area contributed by atoms with Gasteiger partial charge in [0.05, 0.1) is 6.10 Å². The first-order valence-electron chi connectivity index (χ1n) is 32.9. The van der Waals surface area contributed by atoms with Crippen LogP contribution in [-0.4, -0.2) is 96.0 Å². The average molecular weight is 1110 g/mol. The highest BCUT2D eigenvalue weighted by atomic mass is 16.5. The summed E-state index contributed by atoms with van der Waals surface area (Å²) in [5.74, 6) is 10.9. The molecule has 460 valence electrons. The fourth-order valence-electron chi connectivity index (χ4n) is 10.2. The monoisotopic (exact) mass is 1110 g/mol. The number of piperidine rings is 1. The van der Waals surface area contributed by atoms with Crippen molar-refractivity contribution >= 4 is 11.9 Å². The van der Waals surface area contributed by atoms with Gasteiger partial charge in [0.15, 0.2) is 0 Å². The summed E-state index contributed by atoms with van der Waals surface area (Å²) in [5.41, 5.74) is 7.38. The maximum absolute atomic E-state index is 13.2. The number of aliphatic hydroxyl groups is 1. The quantitative estimate of drug-likeness (QED) is 0.0178. The summed E-state index contributed by atoms with van der Waals surface area (Å²) < 4.78 is 12.4. The fraction of sp³-hybridized carbons (Fsp3) is 0.826. The lowest BCUT2D eigenvalue weighted by Gasteiger charge is -2.30. The molecule has 0 aromatic rings. The molecule has 1 saturated heterocycles. The van der Waals surface area contributed by atoms with Crippen molar-refractivity contribution in [2.45, 2.75) is 275 Å². The number of nitrogens with zero attached hydrogens (tertiary/aromatic N) is 3.